The van der Waals surface area contributed by atoms with Crippen molar-refractivity contribution in [1.29, 1.82) is 0 Å². The maximum atomic E-state index is 4.39. The van der Waals surface area contributed by atoms with E-state index < -0.39 is 0 Å². The summed E-state index contributed by atoms with van der Waals surface area (Å²) in [6.45, 7) is 2.31. The Labute approximate surface area is 103 Å². The minimum Gasteiger partial charge on any atom is -0.340 e. The molecule has 1 spiro atoms. The van der Waals surface area contributed by atoms with Crippen LogP contribution in [-0.4, -0.2) is 23.1 Å². The van der Waals surface area contributed by atoms with Crippen LogP contribution in [0.5, 0.6) is 0 Å². The van der Waals surface area contributed by atoms with Crippen LogP contribution >= 0.6 is 22.6 Å². The van der Waals surface area contributed by atoms with Gasteiger partial charge in [-0.05, 0) is 47.3 Å². The van der Waals surface area contributed by atoms with E-state index in [1.807, 2.05) is 12.4 Å². The molecule has 80 valence electrons. The van der Waals surface area contributed by atoms with E-state index in [2.05, 4.69) is 37.5 Å². The van der Waals surface area contributed by atoms with E-state index >= 15 is 0 Å². The summed E-state index contributed by atoms with van der Waals surface area (Å²) in [6, 6.07) is 0. The van der Waals surface area contributed by atoms with E-state index in [9.17, 15) is 0 Å². The van der Waals surface area contributed by atoms with Crippen LogP contribution in [0.25, 0.3) is 0 Å². The predicted molar refractivity (Wildman–Crippen MR) is 67.9 cm³/mol. The molecule has 0 amide bonds. The third-order valence-corrected chi connectivity index (χ3v) is 4.30. The van der Waals surface area contributed by atoms with E-state index in [0.717, 1.165) is 16.1 Å². The largest absolute Gasteiger partial charge is 0.340 e. The van der Waals surface area contributed by atoms with Gasteiger partial charge in [-0.3, -0.25) is 0 Å². The first-order valence-electron chi connectivity index (χ1n) is 5.50. The van der Waals surface area contributed by atoms with E-state index in [0.29, 0.717) is 5.41 Å². The Bertz CT molecular complexity index is 359. The molecule has 0 atom stereocenters. The van der Waals surface area contributed by atoms with Crippen LogP contribution in [0, 0.1) is 8.99 Å². The highest BCUT2D eigenvalue weighted by Gasteiger charge is 2.43. The summed E-state index contributed by atoms with van der Waals surface area (Å²) in [5.41, 5.74) is 0.631. The normalized spacial score (nSPS) is 23.1. The van der Waals surface area contributed by atoms with Crippen molar-refractivity contribution in [2.45, 2.75) is 25.7 Å². The van der Waals surface area contributed by atoms with Gasteiger partial charge in [-0.25, -0.2) is 9.97 Å². The summed E-state index contributed by atoms with van der Waals surface area (Å²) >= 11 is 2.24. The van der Waals surface area contributed by atoms with Gasteiger partial charge in [0, 0.05) is 29.1 Å². The van der Waals surface area contributed by atoms with Crippen LogP contribution in [-0.2, 0) is 0 Å². The zero-order chi connectivity index (χ0) is 10.3. The van der Waals surface area contributed by atoms with Gasteiger partial charge < -0.3 is 4.90 Å². The molecule has 2 aliphatic rings. The maximum Gasteiger partial charge on any atom is 0.225 e. The van der Waals surface area contributed by atoms with Gasteiger partial charge in [0.1, 0.15) is 0 Å². The van der Waals surface area contributed by atoms with Crippen molar-refractivity contribution < 1.29 is 0 Å². The lowest BCUT2D eigenvalue weighted by atomic mass is 9.68. The second kappa shape index (κ2) is 3.57. The molecule has 1 saturated carbocycles. The summed E-state index contributed by atoms with van der Waals surface area (Å²) in [7, 11) is 0. The molecule has 3 rings (SSSR count). The predicted octanol–water partition coefficient (Wildman–Crippen LogP) is 2.46. The SMILES string of the molecule is Ic1cnc(N2CCC3(CCC3)C2)nc1. The molecule has 0 unspecified atom stereocenters. The zero-order valence-corrected chi connectivity index (χ0v) is 10.8. The van der Waals surface area contributed by atoms with Gasteiger partial charge in [0.25, 0.3) is 0 Å². The van der Waals surface area contributed by atoms with Crippen LogP contribution in [0.2, 0.25) is 0 Å². The van der Waals surface area contributed by atoms with Crippen LogP contribution in [0.15, 0.2) is 12.4 Å². The minimum absolute atomic E-state index is 0.631. The van der Waals surface area contributed by atoms with Gasteiger partial charge in [0.15, 0.2) is 0 Å². The van der Waals surface area contributed by atoms with E-state index in [1.165, 1.54) is 32.2 Å². The molecule has 1 saturated heterocycles. The van der Waals surface area contributed by atoms with Crippen molar-refractivity contribution in [2.75, 3.05) is 18.0 Å². The Balaban J connectivity index is 1.76. The molecule has 0 radical (unpaired) electrons. The van der Waals surface area contributed by atoms with Crippen LogP contribution in [0.3, 0.4) is 0 Å². The standard InChI is InChI=1S/C11H14IN3/c12-9-6-13-10(14-7-9)15-5-4-11(8-15)2-1-3-11/h6-7H,1-5,8H2. The zero-order valence-electron chi connectivity index (χ0n) is 8.62. The molecule has 1 aliphatic heterocycles. The molecule has 1 aromatic heterocycles. The summed E-state index contributed by atoms with van der Waals surface area (Å²) < 4.78 is 1.11. The first-order chi connectivity index (χ1) is 7.27. The fourth-order valence-corrected chi connectivity index (χ4v) is 2.94. The summed E-state index contributed by atoms with van der Waals surface area (Å²) in [4.78, 5) is 11.1. The third-order valence-electron chi connectivity index (χ3n) is 3.74. The number of hydrogen-bond acceptors (Lipinski definition) is 3. The fourth-order valence-electron chi connectivity index (χ4n) is 2.66. The van der Waals surface area contributed by atoms with Crippen LogP contribution in [0.1, 0.15) is 25.7 Å². The van der Waals surface area contributed by atoms with Gasteiger partial charge in [0.2, 0.25) is 5.95 Å². The third kappa shape index (κ3) is 1.73. The Morgan fingerprint density at radius 2 is 1.93 bits per heavy atom. The summed E-state index contributed by atoms with van der Waals surface area (Å²) in [6.07, 6.45) is 9.37. The highest BCUT2D eigenvalue weighted by atomic mass is 127. The monoisotopic (exact) mass is 315 g/mol. The number of aromatic nitrogens is 2. The van der Waals surface area contributed by atoms with Crippen molar-refractivity contribution in [1.82, 2.24) is 9.97 Å². The topological polar surface area (TPSA) is 29.0 Å². The Hall–Kier alpha value is -0.390. The molecule has 0 bridgehead atoms. The average molecular weight is 315 g/mol. The number of rotatable bonds is 1. The maximum absolute atomic E-state index is 4.39. The molecule has 15 heavy (non-hydrogen) atoms. The van der Waals surface area contributed by atoms with Gasteiger partial charge in [-0.15, -0.1) is 0 Å². The number of nitrogens with zero attached hydrogens (tertiary/aromatic N) is 3. The molecular weight excluding hydrogens is 301 g/mol. The highest BCUT2D eigenvalue weighted by molar-refractivity contribution is 14.1. The number of hydrogen-bond donors (Lipinski definition) is 0. The van der Waals surface area contributed by atoms with E-state index in [4.69, 9.17) is 0 Å². The van der Waals surface area contributed by atoms with Crippen molar-refractivity contribution in [2.24, 2.45) is 5.41 Å². The van der Waals surface area contributed by atoms with Gasteiger partial charge in [-0.1, -0.05) is 6.42 Å². The smallest absolute Gasteiger partial charge is 0.225 e. The first-order valence-corrected chi connectivity index (χ1v) is 6.58. The fraction of sp³-hybridized carbons (Fsp3) is 0.636. The van der Waals surface area contributed by atoms with Crippen molar-refractivity contribution in [3.8, 4) is 0 Å². The Morgan fingerprint density at radius 3 is 2.47 bits per heavy atom. The van der Waals surface area contributed by atoms with Gasteiger partial charge in [0.05, 0.1) is 0 Å². The van der Waals surface area contributed by atoms with Gasteiger partial charge in [-0.2, -0.15) is 0 Å². The molecule has 3 nitrogen and oxygen atoms in total. The molecule has 4 heteroatoms. The number of halogens is 1. The van der Waals surface area contributed by atoms with Crippen LogP contribution in [0.4, 0.5) is 5.95 Å². The lowest BCUT2D eigenvalue weighted by Crippen LogP contribution is -2.33. The lowest BCUT2D eigenvalue weighted by Gasteiger charge is -2.37. The minimum atomic E-state index is 0.631. The van der Waals surface area contributed by atoms with Crippen molar-refractivity contribution in [3.63, 3.8) is 0 Å². The first kappa shape index (κ1) is 9.81. The van der Waals surface area contributed by atoms with E-state index in [1.54, 1.807) is 0 Å². The molecule has 0 aromatic carbocycles. The molecule has 2 heterocycles. The quantitative estimate of drug-likeness (QED) is 0.746. The Morgan fingerprint density at radius 1 is 1.20 bits per heavy atom. The van der Waals surface area contributed by atoms with E-state index in [-0.39, 0.29) is 0 Å². The van der Waals surface area contributed by atoms with Crippen molar-refractivity contribution in [3.05, 3.63) is 16.0 Å². The van der Waals surface area contributed by atoms with Crippen LogP contribution < -0.4 is 4.90 Å². The molecule has 0 N–H and O–H groups in total. The second-order valence-corrected chi connectivity index (χ2v) is 5.97. The molecule has 1 aromatic rings. The second-order valence-electron chi connectivity index (χ2n) is 4.73. The summed E-state index contributed by atoms with van der Waals surface area (Å²) in [5.74, 6) is 0.916. The molecule has 2 fully saturated rings. The molecule has 1 aliphatic carbocycles. The summed E-state index contributed by atoms with van der Waals surface area (Å²) in [5, 5.41) is 0. The average Bonchev–Trinajstić information content (AvgIpc) is 2.63. The lowest BCUT2D eigenvalue weighted by molar-refractivity contribution is 0.165. The number of anilines is 1. The van der Waals surface area contributed by atoms with Crippen molar-refractivity contribution >= 4 is 28.5 Å². The highest BCUT2D eigenvalue weighted by Crippen LogP contribution is 2.48. The van der Waals surface area contributed by atoms with Gasteiger partial charge >= 0.3 is 0 Å². The molecular formula is C11H14IN3. The Kier molecular flexibility index (Phi) is 2.34.